The molecular formula is C12H20N2O2S. The molecule has 0 spiro atoms. The van der Waals surface area contributed by atoms with E-state index >= 15 is 0 Å². The highest BCUT2D eigenvalue weighted by atomic mass is 32.1. The van der Waals surface area contributed by atoms with E-state index < -0.39 is 0 Å². The van der Waals surface area contributed by atoms with Crippen LogP contribution in [0.1, 0.15) is 24.8 Å². The first-order valence-corrected chi connectivity index (χ1v) is 6.59. The highest BCUT2D eigenvalue weighted by molar-refractivity contribution is 7.10. The Kier molecular flexibility index (Phi) is 6.18. The molecule has 0 aliphatic rings. The van der Waals surface area contributed by atoms with Crippen molar-refractivity contribution in [3.05, 3.63) is 22.4 Å². The standard InChI is InChI=1S/C12H20N2O2S/c1-9(11-5-4-8-17-11)14-10(2)12(15)13-6-7-16-3/h4-5,8-10,14H,6-7H2,1-3H3,(H,13,15)/t9-,10?/m0/s1. The van der Waals surface area contributed by atoms with Crippen molar-refractivity contribution in [3.8, 4) is 0 Å². The van der Waals surface area contributed by atoms with Crippen LogP contribution in [0.3, 0.4) is 0 Å². The third kappa shape index (κ3) is 4.85. The molecule has 1 heterocycles. The quantitative estimate of drug-likeness (QED) is 0.728. The zero-order chi connectivity index (χ0) is 12.7. The summed E-state index contributed by atoms with van der Waals surface area (Å²) in [5.74, 6) is 0.00505. The third-order valence-electron chi connectivity index (χ3n) is 2.47. The average molecular weight is 256 g/mol. The summed E-state index contributed by atoms with van der Waals surface area (Å²) >= 11 is 1.69. The largest absolute Gasteiger partial charge is 0.383 e. The molecule has 5 heteroatoms. The van der Waals surface area contributed by atoms with E-state index in [-0.39, 0.29) is 18.0 Å². The maximum absolute atomic E-state index is 11.7. The van der Waals surface area contributed by atoms with E-state index in [1.54, 1.807) is 18.4 Å². The topological polar surface area (TPSA) is 50.4 Å². The average Bonchev–Trinajstić information content (AvgIpc) is 2.82. The van der Waals surface area contributed by atoms with Crippen LogP contribution in [0.5, 0.6) is 0 Å². The molecule has 0 bridgehead atoms. The Bertz CT molecular complexity index is 327. The fourth-order valence-electron chi connectivity index (χ4n) is 1.50. The second kappa shape index (κ2) is 7.42. The molecule has 0 fully saturated rings. The SMILES string of the molecule is COCCNC(=O)C(C)N[C@@H](C)c1cccs1. The van der Waals surface area contributed by atoms with Gasteiger partial charge in [-0.25, -0.2) is 0 Å². The molecule has 0 saturated carbocycles. The first-order chi connectivity index (χ1) is 8.15. The number of hydrogen-bond donors (Lipinski definition) is 2. The van der Waals surface area contributed by atoms with Gasteiger partial charge in [-0.3, -0.25) is 10.1 Å². The molecule has 2 atom stereocenters. The van der Waals surface area contributed by atoms with E-state index in [1.807, 2.05) is 18.4 Å². The second-order valence-corrected chi connectivity index (χ2v) is 4.89. The number of ether oxygens (including phenoxy) is 1. The van der Waals surface area contributed by atoms with Crippen molar-refractivity contribution in [3.63, 3.8) is 0 Å². The minimum absolute atomic E-state index is 0.00505. The van der Waals surface area contributed by atoms with Gasteiger partial charge in [-0.15, -0.1) is 11.3 Å². The number of methoxy groups -OCH3 is 1. The highest BCUT2D eigenvalue weighted by Crippen LogP contribution is 2.18. The van der Waals surface area contributed by atoms with E-state index in [1.165, 1.54) is 4.88 Å². The van der Waals surface area contributed by atoms with Crippen LogP contribution < -0.4 is 10.6 Å². The van der Waals surface area contributed by atoms with Crippen molar-refractivity contribution >= 4 is 17.2 Å². The molecule has 0 aliphatic heterocycles. The van der Waals surface area contributed by atoms with Crippen molar-refractivity contribution < 1.29 is 9.53 Å². The molecule has 2 N–H and O–H groups in total. The predicted octanol–water partition coefficient (Wildman–Crippen LogP) is 1.55. The lowest BCUT2D eigenvalue weighted by Gasteiger charge is -2.18. The van der Waals surface area contributed by atoms with E-state index in [4.69, 9.17) is 4.74 Å². The lowest BCUT2D eigenvalue weighted by Crippen LogP contribution is -2.43. The zero-order valence-electron chi connectivity index (χ0n) is 10.5. The van der Waals surface area contributed by atoms with Crippen LogP contribution in [0.25, 0.3) is 0 Å². The van der Waals surface area contributed by atoms with Crippen LogP contribution in [-0.4, -0.2) is 32.2 Å². The number of hydrogen-bond acceptors (Lipinski definition) is 4. The zero-order valence-corrected chi connectivity index (χ0v) is 11.3. The molecule has 4 nitrogen and oxygen atoms in total. The number of amides is 1. The van der Waals surface area contributed by atoms with E-state index in [2.05, 4.69) is 23.6 Å². The minimum Gasteiger partial charge on any atom is -0.383 e. The van der Waals surface area contributed by atoms with Gasteiger partial charge in [0.25, 0.3) is 0 Å². The fourth-order valence-corrected chi connectivity index (χ4v) is 2.24. The van der Waals surface area contributed by atoms with Gasteiger partial charge >= 0.3 is 0 Å². The second-order valence-electron chi connectivity index (χ2n) is 3.91. The van der Waals surface area contributed by atoms with E-state index in [0.717, 1.165) is 0 Å². The summed E-state index contributed by atoms with van der Waals surface area (Å²) < 4.78 is 4.88. The van der Waals surface area contributed by atoms with Crippen LogP contribution in [0.2, 0.25) is 0 Å². The molecule has 1 amide bonds. The number of carbonyl (C=O) groups is 1. The Morgan fingerprint density at radius 3 is 2.88 bits per heavy atom. The van der Waals surface area contributed by atoms with Crippen molar-refractivity contribution in [2.45, 2.75) is 25.9 Å². The van der Waals surface area contributed by atoms with Crippen molar-refractivity contribution in [2.75, 3.05) is 20.3 Å². The molecule has 0 saturated heterocycles. The molecule has 1 aromatic heterocycles. The molecule has 17 heavy (non-hydrogen) atoms. The number of rotatable bonds is 7. The summed E-state index contributed by atoms with van der Waals surface area (Å²) in [5, 5.41) is 8.12. The molecule has 1 rings (SSSR count). The maximum atomic E-state index is 11.7. The number of thiophene rings is 1. The molecule has 96 valence electrons. The summed E-state index contributed by atoms with van der Waals surface area (Å²) in [6.45, 7) is 5.02. The van der Waals surface area contributed by atoms with Gasteiger partial charge in [0, 0.05) is 24.6 Å². The summed E-state index contributed by atoms with van der Waals surface area (Å²) in [4.78, 5) is 12.9. The van der Waals surface area contributed by atoms with Crippen LogP contribution in [0, 0.1) is 0 Å². The molecular weight excluding hydrogens is 236 g/mol. The summed E-state index contributed by atoms with van der Waals surface area (Å²) in [5.41, 5.74) is 0. The molecule has 0 radical (unpaired) electrons. The Morgan fingerprint density at radius 1 is 1.53 bits per heavy atom. The minimum atomic E-state index is -0.205. The monoisotopic (exact) mass is 256 g/mol. The van der Waals surface area contributed by atoms with Gasteiger partial charge in [-0.05, 0) is 25.3 Å². The third-order valence-corrected chi connectivity index (χ3v) is 3.52. The summed E-state index contributed by atoms with van der Waals surface area (Å²) in [6.07, 6.45) is 0. The van der Waals surface area contributed by atoms with Crippen LogP contribution in [0.4, 0.5) is 0 Å². The fraction of sp³-hybridized carbons (Fsp3) is 0.583. The summed E-state index contributed by atoms with van der Waals surface area (Å²) in [6, 6.07) is 4.07. The predicted molar refractivity (Wildman–Crippen MR) is 70.2 cm³/mol. The molecule has 1 unspecified atom stereocenters. The lowest BCUT2D eigenvalue weighted by molar-refractivity contribution is -0.123. The Balaban J connectivity index is 2.32. The van der Waals surface area contributed by atoms with Gasteiger partial charge in [-0.2, -0.15) is 0 Å². The highest BCUT2D eigenvalue weighted by Gasteiger charge is 2.15. The van der Waals surface area contributed by atoms with Crippen LogP contribution >= 0.6 is 11.3 Å². The Labute approximate surface area is 106 Å². The summed E-state index contributed by atoms with van der Waals surface area (Å²) in [7, 11) is 1.62. The Hall–Kier alpha value is -0.910. The lowest BCUT2D eigenvalue weighted by atomic mass is 10.2. The maximum Gasteiger partial charge on any atom is 0.236 e. The molecule has 0 aromatic carbocycles. The van der Waals surface area contributed by atoms with Crippen molar-refractivity contribution in [2.24, 2.45) is 0 Å². The number of carbonyl (C=O) groups excluding carboxylic acids is 1. The van der Waals surface area contributed by atoms with Gasteiger partial charge in [0.2, 0.25) is 5.91 Å². The van der Waals surface area contributed by atoms with Gasteiger partial charge in [0.05, 0.1) is 12.6 Å². The van der Waals surface area contributed by atoms with Crippen molar-refractivity contribution in [1.29, 1.82) is 0 Å². The molecule has 0 aliphatic carbocycles. The van der Waals surface area contributed by atoms with Crippen LogP contribution in [-0.2, 0) is 9.53 Å². The van der Waals surface area contributed by atoms with Crippen molar-refractivity contribution in [1.82, 2.24) is 10.6 Å². The normalized spacial score (nSPS) is 14.3. The van der Waals surface area contributed by atoms with E-state index in [9.17, 15) is 4.79 Å². The van der Waals surface area contributed by atoms with Gasteiger partial charge in [0.15, 0.2) is 0 Å². The van der Waals surface area contributed by atoms with Gasteiger partial charge in [0.1, 0.15) is 0 Å². The number of nitrogens with one attached hydrogen (secondary N) is 2. The Morgan fingerprint density at radius 2 is 2.29 bits per heavy atom. The first kappa shape index (κ1) is 14.2. The van der Waals surface area contributed by atoms with Gasteiger partial charge < -0.3 is 10.1 Å². The molecule has 1 aromatic rings. The van der Waals surface area contributed by atoms with Crippen LogP contribution in [0.15, 0.2) is 17.5 Å². The first-order valence-electron chi connectivity index (χ1n) is 5.71. The van der Waals surface area contributed by atoms with E-state index in [0.29, 0.717) is 13.2 Å². The van der Waals surface area contributed by atoms with Gasteiger partial charge in [-0.1, -0.05) is 6.07 Å². The smallest absolute Gasteiger partial charge is 0.236 e.